The summed E-state index contributed by atoms with van der Waals surface area (Å²) in [7, 11) is 1.57. The molecule has 0 bridgehead atoms. The predicted octanol–water partition coefficient (Wildman–Crippen LogP) is 1.71. The summed E-state index contributed by atoms with van der Waals surface area (Å²) >= 11 is 0. The first-order valence-corrected chi connectivity index (χ1v) is 10.4. The minimum absolute atomic E-state index is 0.202. The first-order chi connectivity index (χ1) is 15.9. The number of benzene rings is 2. The van der Waals surface area contributed by atoms with Crippen LogP contribution in [0.15, 0.2) is 54.6 Å². The van der Waals surface area contributed by atoms with Crippen LogP contribution in [0.1, 0.15) is 12.5 Å². The molecule has 1 heterocycles. The topological polar surface area (TPSA) is 112 Å². The van der Waals surface area contributed by atoms with Crippen molar-refractivity contribution in [2.45, 2.75) is 19.1 Å². The molecule has 0 aromatic heterocycles. The van der Waals surface area contributed by atoms with Crippen molar-refractivity contribution in [2.24, 2.45) is 0 Å². The molecule has 33 heavy (non-hydrogen) atoms. The van der Waals surface area contributed by atoms with E-state index in [1.165, 1.54) is 13.0 Å². The van der Waals surface area contributed by atoms with E-state index >= 15 is 0 Å². The molecule has 9 heteroatoms. The Balaban J connectivity index is 1.34. The molecule has 0 saturated heterocycles. The Bertz CT molecular complexity index is 1000. The zero-order chi connectivity index (χ0) is 23.6. The average Bonchev–Trinajstić information content (AvgIpc) is 2.84. The molecule has 2 aromatic rings. The zero-order valence-electron chi connectivity index (χ0n) is 18.4. The number of hydrogen-bond donors (Lipinski definition) is 2. The molecule has 9 nitrogen and oxygen atoms in total. The average molecular weight is 454 g/mol. The molecule has 1 aliphatic rings. The smallest absolute Gasteiger partial charge is 0.328 e. The molecule has 2 amide bonds. The lowest BCUT2D eigenvalue weighted by atomic mass is 10.2. The monoisotopic (exact) mass is 454 g/mol. The van der Waals surface area contributed by atoms with Crippen molar-refractivity contribution >= 4 is 23.9 Å². The van der Waals surface area contributed by atoms with Crippen molar-refractivity contribution in [3.05, 3.63) is 60.2 Å². The van der Waals surface area contributed by atoms with Crippen molar-refractivity contribution in [1.82, 2.24) is 10.6 Å². The van der Waals surface area contributed by atoms with Gasteiger partial charge in [0, 0.05) is 6.08 Å². The van der Waals surface area contributed by atoms with Gasteiger partial charge in [-0.1, -0.05) is 24.3 Å². The van der Waals surface area contributed by atoms with E-state index < -0.39 is 30.4 Å². The Hall–Kier alpha value is -4.01. The normalized spacial score (nSPS) is 15.4. The molecule has 0 aliphatic carbocycles. The number of carbonyl (C=O) groups is 3. The number of ether oxygens (including phenoxy) is 4. The maximum Gasteiger partial charge on any atom is 0.328 e. The summed E-state index contributed by atoms with van der Waals surface area (Å²) in [4.78, 5) is 36.1. The molecule has 3 rings (SSSR count). The fraction of sp³-hybridized carbons (Fsp3) is 0.292. The number of methoxy groups -OCH3 is 1. The van der Waals surface area contributed by atoms with E-state index in [0.29, 0.717) is 23.9 Å². The fourth-order valence-corrected chi connectivity index (χ4v) is 2.91. The summed E-state index contributed by atoms with van der Waals surface area (Å²) < 4.78 is 21.4. The first kappa shape index (κ1) is 23.6. The van der Waals surface area contributed by atoms with Crippen LogP contribution in [0.2, 0.25) is 0 Å². The van der Waals surface area contributed by atoms with Gasteiger partial charge < -0.3 is 29.6 Å². The third-order valence-electron chi connectivity index (χ3n) is 4.70. The van der Waals surface area contributed by atoms with Crippen LogP contribution < -0.4 is 24.8 Å². The van der Waals surface area contributed by atoms with Crippen LogP contribution in [0.5, 0.6) is 17.2 Å². The highest BCUT2D eigenvalue weighted by Gasteiger charge is 2.22. The maximum absolute atomic E-state index is 12.1. The van der Waals surface area contributed by atoms with E-state index in [-0.39, 0.29) is 12.6 Å². The summed E-state index contributed by atoms with van der Waals surface area (Å²) in [6, 6.07) is 13.5. The van der Waals surface area contributed by atoms with Gasteiger partial charge in [-0.2, -0.15) is 0 Å². The van der Waals surface area contributed by atoms with Gasteiger partial charge in [-0.05, 0) is 42.8 Å². The number of esters is 1. The summed E-state index contributed by atoms with van der Waals surface area (Å²) in [5.74, 6) is 0.312. The van der Waals surface area contributed by atoms with Crippen LogP contribution in [0.4, 0.5) is 0 Å². The second-order valence-electron chi connectivity index (χ2n) is 7.25. The third kappa shape index (κ3) is 7.27. The number of nitrogens with one attached hydrogen (secondary N) is 2. The lowest BCUT2D eigenvalue weighted by molar-refractivity contribution is -0.151. The number of fused-ring (bicyclic) bond motifs is 1. The molecule has 0 fully saturated rings. The van der Waals surface area contributed by atoms with Crippen LogP contribution in [0.3, 0.4) is 0 Å². The van der Waals surface area contributed by atoms with Gasteiger partial charge in [0.15, 0.2) is 18.1 Å². The van der Waals surface area contributed by atoms with E-state index in [1.807, 2.05) is 12.1 Å². The number of carbonyl (C=O) groups excluding carboxylic acids is 3. The molecule has 0 spiro atoms. The van der Waals surface area contributed by atoms with Crippen LogP contribution in [-0.4, -0.2) is 56.8 Å². The van der Waals surface area contributed by atoms with Gasteiger partial charge in [-0.15, -0.1) is 0 Å². The molecule has 0 radical (unpaired) electrons. The van der Waals surface area contributed by atoms with Crippen molar-refractivity contribution in [2.75, 3.05) is 26.9 Å². The lowest BCUT2D eigenvalue weighted by Crippen LogP contribution is -2.43. The predicted molar refractivity (Wildman–Crippen MR) is 120 cm³/mol. The number of hydrogen-bond acceptors (Lipinski definition) is 7. The highest BCUT2D eigenvalue weighted by atomic mass is 16.6. The van der Waals surface area contributed by atoms with Crippen molar-refractivity contribution in [1.29, 1.82) is 0 Å². The first-order valence-electron chi connectivity index (χ1n) is 10.4. The lowest BCUT2D eigenvalue weighted by Gasteiger charge is -2.26. The third-order valence-corrected chi connectivity index (χ3v) is 4.70. The van der Waals surface area contributed by atoms with E-state index in [2.05, 4.69) is 10.6 Å². The Morgan fingerprint density at radius 3 is 2.58 bits per heavy atom. The Morgan fingerprint density at radius 2 is 1.85 bits per heavy atom. The van der Waals surface area contributed by atoms with Crippen molar-refractivity contribution < 1.29 is 33.3 Å². The van der Waals surface area contributed by atoms with Gasteiger partial charge in [0.05, 0.1) is 13.7 Å². The minimum Gasteiger partial charge on any atom is -0.497 e. The van der Waals surface area contributed by atoms with Gasteiger partial charge in [0.2, 0.25) is 5.91 Å². The van der Waals surface area contributed by atoms with Crippen molar-refractivity contribution in [3.8, 4) is 17.2 Å². The largest absolute Gasteiger partial charge is 0.497 e. The summed E-state index contributed by atoms with van der Waals surface area (Å²) in [6.45, 7) is 1.51. The SMILES string of the molecule is COc1ccc(/C=C/C(=O)N[C@@H](C)C(=O)OCC(=O)NCC2COc3ccccc3O2)cc1. The number of rotatable bonds is 9. The summed E-state index contributed by atoms with van der Waals surface area (Å²) in [6.07, 6.45) is 2.56. The van der Waals surface area contributed by atoms with E-state index in [0.717, 1.165) is 5.56 Å². The van der Waals surface area contributed by atoms with E-state index in [1.54, 1.807) is 49.6 Å². The Kier molecular flexibility index (Phi) is 8.29. The van der Waals surface area contributed by atoms with Crippen LogP contribution in [0.25, 0.3) is 6.08 Å². The second-order valence-corrected chi connectivity index (χ2v) is 7.25. The summed E-state index contributed by atoms with van der Waals surface area (Å²) in [5.41, 5.74) is 0.800. The minimum atomic E-state index is -0.919. The molecule has 1 aliphatic heterocycles. The molecule has 2 aromatic carbocycles. The maximum atomic E-state index is 12.1. The molecule has 0 saturated carbocycles. The standard InChI is InChI=1S/C24H26N2O7/c1-16(26-22(27)12-9-17-7-10-18(30-2)11-8-17)24(29)32-15-23(28)25-13-19-14-31-20-5-3-4-6-21(20)33-19/h3-12,16,19H,13-15H2,1-2H3,(H,25,28)(H,26,27)/b12-9+/t16-,19?/m0/s1. The van der Waals surface area contributed by atoms with E-state index in [4.69, 9.17) is 18.9 Å². The zero-order valence-corrected chi connectivity index (χ0v) is 18.4. The number of para-hydroxylation sites is 2. The van der Waals surface area contributed by atoms with Crippen LogP contribution in [-0.2, 0) is 19.1 Å². The van der Waals surface area contributed by atoms with Crippen LogP contribution >= 0.6 is 0 Å². The molecule has 2 N–H and O–H groups in total. The quantitative estimate of drug-likeness (QED) is 0.438. The Morgan fingerprint density at radius 1 is 1.12 bits per heavy atom. The molecular formula is C24H26N2O7. The van der Waals surface area contributed by atoms with Gasteiger partial charge in [0.1, 0.15) is 24.5 Å². The fourth-order valence-electron chi connectivity index (χ4n) is 2.91. The molecule has 174 valence electrons. The van der Waals surface area contributed by atoms with Gasteiger partial charge in [0.25, 0.3) is 5.91 Å². The van der Waals surface area contributed by atoms with Gasteiger partial charge >= 0.3 is 5.97 Å². The second kappa shape index (κ2) is 11.6. The highest BCUT2D eigenvalue weighted by Crippen LogP contribution is 2.30. The highest BCUT2D eigenvalue weighted by molar-refractivity contribution is 5.94. The molecule has 1 unspecified atom stereocenters. The van der Waals surface area contributed by atoms with Gasteiger partial charge in [-0.25, -0.2) is 4.79 Å². The summed E-state index contributed by atoms with van der Waals surface area (Å²) in [5, 5.41) is 5.13. The molecule has 2 atom stereocenters. The van der Waals surface area contributed by atoms with Crippen molar-refractivity contribution in [3.63, 3.8) is 0 Å². The van der Waals surface area contributed by atoms with E-state index in [9.17, 15) is 14.4 Å². The molecular weight excluding hydrogens is 428 g/mol. The van der Waals surface area contributed by atoms with Gasteiger partial charge in [-0.3, -0.25) is 9.59 Å². The van der Waals surface area contributed by atoms with Crippen LogP contribution in [0, 0.1) is 0 Å². The number of amides is 2. The Labute approximate surface area is 191 Å².